The summed E-state index contributed by atoms with van der Waals surface area (Å²) in [6, 6.07) is 10.0. The van der Waals surface area contributed by atoms with E-state index in [1.807, 2.05) is 6.92 Å². The number of nitrogens with one attached hydrogen (secondary N) is 2. The molecule has 0 saturated heterocycles. The van der Waals surface area contributed by atoms with Gasteiger partial charge in [0.25, 0.3) is 17.5 Å². The molecule has 2 aromatic rings. The highest BCUT2D eigenvalue weighted by Crippen LogP contribution is 2.34. The predicted octanol–water partition coefficient (Wildman–Crippen LogP) is 2.10. The molecule has 0 spiro atoms. The second kappa shape index (κ2) is 9.03. The molecule has 0 fully saturated rings. The fourth-order valence-electron chi connectivity index (χ4n) is 2.88. The summed E-state index contributed by atoms with van der Waals surface area (Å²) in [6.45, 7) is 2.07. The van der Waals surface area contributed by atoms with Crippen LogP contribution in [0, 0.1) is 10.1 Å². The summed E-state index contributed by atoms with van der Waals surface area (Å²) in [5, 5.41) is 16.3. The lowest BCUT2D eigenvalue weighted by Gasteiger charge is -2.29. The maximum absolute atomic E-state index is 12.5. The number of amides is 3. The van der Waals surface area contributed by atoms with Crippen molar-refractivity contribution in [1.82, 2.24) is 5.32 Å². The predicted molar refractivity (Wildman–Crippen MR) is 109 cm³/mol. The van der Waals surface area contributed by atoms with Crippen LogP contribution in [0.4, 0.5) is 17.1 Å². The van der Waals surface area contributed by atoms with Gasteiger partial charge in [-0.05, 0) is 30.7 Å². The maximum atomic E-state index is 12.5. The minimum atomic E-state index is -0.583. The van der Waals surface area contributed by atoms with Crippen molar-refractivity contribution in [2.45, 2.75) is 13.3 Å². The lowest BCUT2D eigenvalue weighted by molar-refractivity contribution is -0.384. The Bertz CT molecular complexity index is 1010. The van der Waals surface area contributed by atoms with Crippen molar-refractivity contribution < 1.29 is 24.0 Å². The first-order chi connectivity index (χ1) is 14.4. The molecule has 1 aliphatic heterocycles. The Morgan fingerprint density at radius 2 is 2.03 bits per heavy atom. The quantitative estimate of drug-likeness (QED) is 0.529. The lowest BCUT2D eigenvalue weighted by Crippen LogP contribution is -2.45. The van der Waals surface area contributed by atoms with E-state index in [1.165, 1.54) is 35.2 Å². The number of fused-ring (bicyclic) bond motifs is 1. The number of hydrogen-bond donors (Lipinski definition) is 2. The van der Waals surface area contributed by atoms with Gasteiger partial charge >= 0.3 is 0 Å². The first kappa shape index (κ1) is 20.8. The zero-order valence-electron chi connectivity index (χ0n) is 16.2. The average Bonchev–Trinajstić information content (AvgIpc) is 2.74. The van der Waals surface area contributed by atoms with Crippen LogP contribution < -0.4 is 20.3 Å². The molecule has 0 aliphatic carbocycles. The fraction of sp³-hybridized carbons (Fsp3) is 0.250. The number of rotatable bonds is 7. The van der Waals surface area contributed by atoms with Gasteiger partial charge in [0.05, 0.1) is 10.6 Å². The molecule has 0 radical (unpaired) electrons. The van der Waals surface area contributed by atoms with E-state index in [0.29, 0.717) is 23.7 Å². The van der Waals surface area contributed by atoms with Crippen molar-refractivity contribution in [2.75, 3.05) is 29.9 Å². The first-order valence-electron chi connectivity index (χ1n) is 9.28. The number of nitro benzene ring substituents is 1. The number of carbonyl (C=O) groups excluding carboxylic acids is 3. The number of nitrogens with zero attached hydrogens (tertiary/aromatic N) is 2. The second-order valence-corrected chi connectivity index (χ2v) is 6.56. The Balaban J connectivity index is 1.81. The summed E-state index contributed by atoms with van der Waals surface area (Å²) in [5.41, 5.74) is 0.624. The van der Waals surface area contributed by atoms with Crippen LogP contribution in [0.15, 0.2) is 42.5 Å². The van der Waals surface area contributed by atoms with Gasteiger partial charge in [0, 0.05) is 29.9 Å². The third kappa shape index (κ3) is 4.72. The Labute approximate surface area is 172 Å². The average molecular weight is 412 g/mol. The number of ether oxygens (including phenoxy) is 1. The Kier molecular flexibility index (Phi) is 6.26. The lowest BCUT2D eigenvalue weighted by atomic mass is 10.1. The van der Waals surface area contributed by atoms with Crippen molar-refractivity contribution in [1.29, 1.82) is 0 Å². The molecule has 30 heavy (non-hydrogen) atoms. The van der Waals surface area contributed by atoms with Gasteiger partial charge in [0.1, 0.15) is 12.3 Å². The first-order valence-corrected chi connectivity index (χ1v) is 9.28. The third-order valence-corrected chi connectivity index (χ3v) is 4.35. The molecule has 2 N–H and O–H groups in total. The minimum Gasteiger partial charge on any atom is -0.482 e. The van der Waals surface area contributed by atoms with Crippen LogP contribution in [0.5, 0.6) is 5.75 Å². The number of nitro groups is 1. The van der Waals surface area contributed by atoms with Crippen LogP contribution >= 0.6 is 0 Å². The van der Waals surface area contributed by atoms with E-state index in [0.717, 1.165) is 6.42 Å². The van der Waals surface area contributed by atoms with Crippen LogP contribution in [0.3, 0.4) is 0 Å². The summed E-state index contributed by atoms with van der Waals surface area (Å²) >= 11 is 0. The minimum absolute atomic E-state index is 0.116. The Morgan fingerprint density at radius 3 is 2.77 bits per heavy atom. The SMILES string of the molecule is CCCNC(=O)CN1C(=O)COc2ccc(NC(=O)c3cccc([N+](=O)[O-])c3)cc21. The van der Waals surface area contributed by atoms with Gasteiger partial charge in [-0.3, -0.25) is 29.4 Å². The molecule has 10 nitrogen and oxygen atoms in total. The summed E-state index contributed by atoms with van der Waals surface area (Å²) in [4.78, 5) is 48.5. The molecule has 0 unspecified atom stereocenters. The Hall–Kier alpha value is -3.95. The van der Waals surface area contributed by atoms with Gasteiger partial charge in [-0.2, -0.15) is 0 Å². The summed E-state index contributed by atoms with van der Waals surface area (Å²) in [5.74, 6) is -0.819. The van der Waals surface area contributed by atoms with E-state index in [2.05, 4.69) is 10.6 Å². The van der Waals surface area contributed by atoms with E-state index in [1.54, 1.807) is 12.1 Å². The number of benzene rings is 2. The molecular formula is C20H20N4O6. The van der Waals surface area contributed by atoms with Crippen molar-refractivity contribution in [2.24, 2.45) is 0 Å². The fourth-order valence-corrected chi connectivity index (χ4v) is 2.88. The van der Waals surface area contributed by atoms with Crippen molar-refractivity contribution in [3.63, 3.8) is 0 Å². The van der Waals surface area contributed by atoms with Crippen LogP contribution in [0.2, 0.25) is 0 Å². The zero-order valence-corrected chi connectivity index (χ0v) is 16.2. The smallest absolute Gasteiger partial charge is 0.270 e. The largest absolute Gasteiger partial charge is 0.482 e. The van der Waals surface area contributed by atoms with E-state index in [4.69, 9.17) is 4.74 Å². The summed E-state index contributed by atoms with van der Waals surface area (Å²) in [6.07, 6.45) is 0.771. The zero-order chi connectivity index (χ0) is 21.7. The highest BCUT2D eigenvalue weighted by atomic mass is 16.6. The molecule has 3 amide bonds. The standard InChI is InChI=1S/C20H20N4O6/c1-2-8-21-18(25)11-23-16-10-14(6-7-17(16)30-12-19(23)26)22-20(27)13-4-3-5-15(9-13)24(28)29/h3-7,9-10H,2,8,11-12H2,1H3,(H,21,25)(H,22,27). The van der Waals surface area contributed by atoms with Gasteiger partial charge in [0.15, 0.2) is 6.61 Å². The van der Waals surface area contributed by atoms with Crippen LogP contribution in [0.25, 0.3) is 0 Å². The van der Waals surface area contributed by atoms with Crippen molar-refractivity contribution in [3.05, 3.63) is 58.1 Å². The normalized spacial score (nSPS) is 12.6. The number of anilines is 2. The third-order valence-electron chi connectivity index (χ3n) is 4.35. The molecule has 3 rings (SSSR count). The van der Waals surface area contributed by atoms with Gasteiger partial charge in [-0.1, -0.05) is 13.0 Å². The maximum Gasteiger partial charge on any atom is 0.270 e. The van der Waals surface area contributed by atoms with Crippen LogP contribution in [0.1, 0.15) is 23.7 Å². The number of hydrogen-bond acceptors (Lipinski definition) is 6. The number of non-ortho nitro benzene ring substituents is 1. The molecule has 156 valence electrons. The van der Waals surface area contributed by atoms with Crippen molar-refractivity contribution in [3.8, 4) is 5.75 Å². The molecule has 0 aromatic heterocycles. The molecule has 0 saturated carbocycles. The van der Waals surface area contributed by atoms with E-state index >= 15 is 0 Å². The van der Waals surface area contributed by atoms with Gasteiger partial charge in [-0.15, -0.1) is 0 Å². The van der Waals surface area contributed by atoms with E-state index in [9.17, 15) is 24.5 Å². The summed E-state index contributed by atoms with van der Waals surface area (Å²) < 4.78 is 5.40. The van der Waals surface area contributed by atoms with E-state index < -0.39 is 10.8 Å². The summed E-state index contributed by atoms with van der Waals surface area (Å²) in [7, 11) is 0. The van der Waals surface area contributed by atoms with Crippen LogP contribution in [-0.2, 0) is 9.59 Å². The van der Waals surface area contributed by atoms with Gasteiger partial charge in [-0.25, -0.2) is 0 Å². The van der Waals surface area contributed by atoms with Crippen LogP contribution in [-0.4, -0.2) is 42.3 Å². The molecule has 10 heteroatoms. The van der Waals surface area contributed by atoms with E-state index in [-0.39, 0.29) is 36.2 Å². The molecule has 2 aromatic carbocycles. The highest BCUT2D eigenvalue weighted by Gasteiger charge is 2.28. The molecule has 1 heterocycles. The van der Waals surface area contributed by atoms with Gasteiger partial charge < -0.3 is 15.4 Å². The monoisotopic (exact) mass is 412 g/mol. The second-order valence-electron chi connectivity index (χ2n) is 6.56. The molecule has 0 atom stereocenters. The molecule has 1 aliphatic rings. The topological polar surface area (TPSA) is 131 Å². The van der Waals surface area contributed by atoms with Gasteiger partial charge in [0.2, 0.25) is 5.91 Å². The molecule has 0 bridgehead atoms. The Morgan fingerprint density at radius 1 is 1.23 bits per heavy atom. The molecular weight excluding hydrogens is 392 g/mol. The van der Waals surface area contributed by atoms with Crippen molar-refractivity contribution >= 4 is 34.8 Å². The number of carbonyl (C=O) groups is 3. The highest BCUT2D eigenvalue weighted by molar-refractivity contribution is 6.06.